The molecule has 3 heterocycles. The molecular weight excluding hydrogens is 394 g/mol. The Morgan fingerprint density at radius 3 is 2.76 bits per heavy atom. The molecule has 2 N–H and O–H groups in total. The molecule has 2 aromatic carbocycles. The molecule has 3 aromatic rings. The van der Waals surface area contributed by atoms with Crippen molar-refractivity contribution >= 4 is 11.6 Å². The van der Waals surface area contributed by atoms with Gasteiger partial charge in [0.2, 0.25) is 0 Å². The van der Waals surface area contributed by atoms with Gasteiger partial charge in [0.05, 0.1) is 11.4 Å². The van der Waals surface area contributed by atoms with Gasteiger partial charge in [-0.2, -0.15) is 0 Å². The van der Waals surface area contributed by atoms with Gasteiger partial charge < -0.3 is 29.0 Å². The van der Waals surface area contributed by atoms with Gasteiger partial charge in [0, 0.05) is 28.8 Å². The van der Waals surface area contributed by atoms with Crippen LogP contribution in [0.1, 0.15) is 35.4 Å². The highest BCUT2D eigenvalue weighted by molar-refractivity contribution is 6.30. The number of aliphatic hydroxyl groups is 2. The standard InChI is InChI=1S/C22H20ClNO5/c23-13-6-7-16-15(11-13)21(14-3-1-5-18-22(14)28-10-9-27-18)29-19(12-20(25)26)17-4-2-8-24(16)17/h1-8,11,19-21,25-26H,9-10,12H2. The molecule has 0 bridgehead atoms. The van der Waals surface area contributed by atoms with E-state index < -0.39 is 18.5 Å². The molecule has 7 heteroatoms. The summed E-state index contributed by atoms with van der Waals surface area (Å²) in [5.74, 6) is 1.31. The average Bonchev–Trinajstić information content (AvgIpc) is 3.16. The molecule has 1 aromatic heterocycles. The first-order chi connectivity index (χ1) is 14.1. The Balaban J connectivity index is 1.71. The zero-order valence-corrected chi connectivity index (χ0v) is 16.2. The fourth-order valence-electron chi connectivity index (χ4n) is 4.05. The SMILES string of the molecule is OC(O)CC1OC(c2cccc3c2OCCO3)c2cc(Cl)ccc2-n2cccc21. The second-order valence-corrected chi connectivity index (χ2v) is 7.54. The fraction of sp³-hybridized carbons (Fsp3) is 0.273. The van der Waals surface area contributed by atoms with Gasteiger partial charge in [-0.25, -0.2) is 0 Å². The number of hydrogen-bond acceptors (Lipinski definition) is 5. The molecule has 0 spiro atoms. The van der Waals surface area contributed by atoms with E-state index in [1.54, 1.807) is 0 Å². The maximum Gasteiger partial charge on any atom is 0.167 e. The third-order valence-electron chi connectivity index (χ3n) is 5.25. The van der Waals surface area contributed by atoms with Crippen LogP contribution in [0.4, 0.5) is 0 Å². The number of hydrogen-bond donors (Lipinski definition) is 2. The van der Waals surface area contributed by atoms with Crippen molar-refractivity contribution in [3.63, 3.8) is 0 Å². The third kappa shape index (κ3) is 3.28. The Bertz CT molecular complexity index is 1050. The summed E-state index contributed by atoms with van der Waals surface area (Å²) in [6.07, 6.45) is -0.595. The molecule has 0 fully saturated rings. The van der Waals surface area contributed by atoms with E-state index in [4.69, 9.17) is 25.8 Å². The molecule has 29 heavy (non-hydrogen) atoms. The number of benzene rings is 2. The first-order valence-corrected chi connectivity index (χ1v) is 9.87. The maximum atomic E-state index is 9.67. The summed E-state index contributed by atoms with van der Waals surface area (Å²) in [4.78, 5) is 0. The molecule has 2 unspecified atom stereocenters. The molecule has 0 amide bonds. The Labute approximate surface area is 172 Å². The normalized spacial score (nSPS) is 20.1. The topological polar surface area (TPSA) is 73.1 Å². The van der Waals surface area contributed by atoms with Crippen LogP contribution in [-0.4, -0.2) is 34.3 Å². The summed E-state index contributed by atoms with van der Waals surface area (Å²) >= 11 is 6.35. The quantitative estimate of drug-likeness (QED) is 0.639. The summed E-state index contributed by atoms with van der Waals surface area (Å²) in [6.45, 7) is 0.952. The number of ether oxygens (including phenoxy) is 3. The minimum absolute atomic E-state index is 0.0363. The van der Waals surface area contributed by atoms with Crippen LogP contribution in [0.5, 0.6) is 11.5 Å². The first-order valence-electron chi connectivity index (χ1n) is 9.49. The largest absolute Gasteiger partial charge is 0.486 e. The lowest BCUT2D eigenvalue weighted by molar-refractivity contribution is -0.0963. The van der Waals surface area contributed by atoms with Gasteiger partial charge in [-0.1, -0.05) is 23.7 Å². The lowest BCUT2D eigenvalue weighted by atomic mass is 9.98. The van der Waals surface area contributed by atoms with Crippen LogP contribution in [-0.2, 0) is 4.74 Å². The second-order valence-electron chi connectivity index (χ2n) is 7.10. The van der Waals surface area contributed by atoms with Crippen LogP contribution in [0.25, 0.3) is 5.69 Å². The number of aromatic nitrogens is 1. The summed E-state index contributed by atoms with van der Waals surface area (Å²) < 4.78 is 20.2. The third-order valence-corrected chi connectivity index (χ3v) is 5.48. The van der Waals surface area contributed by atoms with Gasteiger partial charge in [0.1, 0.15) is 25.4 Å². The molecular formula is C22H20ClNO5. The molecule has 6 nitrogen and oxygen atoms in total. The Kier molecular flexibility index (Phi) is 4.72. The number of rotatable bonds is 3. The predicted molar refractivity (Wildman–Crippen MR) is 107 cm³/mol. The van der Waals surface area contributed by atoms with Gasteiger partial charge >= 0.3 is 0 Å². The number of fused-ring (bicyclic) bond motifs is 4. The van der Waals surface area contributed by atoms with Crippen LogP contribution in [0.15, 0.2) is 54.7 Å². The molecule has 2 atom stereocenters. The van der Waals surface area contributed by atoms with E-state index in [1.165, 1.54) is 0 Å². The average molecular weight is 414 g/mol. The van der Waals surface area contributed by atoms with Crippen LogP contribution in [0, 0.1) is 0 Å². The van der Waals surface area contributed by atoms with Gasteiger partial charge in [-0.3, -0.25) is 0 Å². The zero-order valence-electron chi connectivity index (χ0n) is 15.5. The summed E-state index contributed by atoms with van der Waals surface area (Å²) in [5.41, 5.74) is 3.44. The molecule has 150 valence electrons. The van der Waals surface area contributed by atoms with Gasteiger partial charge in [-0.15, -0.1) is 0 Å². The molecule has 0 aliphatic carbocycles. The minimum Gasteiger partial charge on any atom is -0.486 e. The van der Waals surface area contributed by atoms with Gasteiger partial charge in [0.25, 0.3) is 0 Å². The monoisotopic (exact) mass is 413 g/mol. The highest BCUT2D eigenvalue weighted by Crippen LogP contribution is 2.47. The van der Waals surface area contributed by atoms with Crippen molar-refractivity contribution in [1.29, 1.82) is 0 Å². The predicted octanol–water partition coefficient (Wildman–Crippen LogP) is 3.76. The van der Waals surface area contributed by atoms with Crippen molar-refractivity contribution in [2.45, 2.75) is 24.9 Å². The second kappa shape index (κ2) is 7.39. The molecule has 2 aliphatic heterocycles. The van der Waals surface area contributed by atoms with Crippen LogP contribution >= 0.6 is 11.6 Å². The number of nitrogens with zero attached hydrogens (tertiary/aromatic N) is 1. The highest BCUT2D eigenvalue weighted by atomic mass is 35.5. The summed E-state index contributed by atoms with van der Waals surface area (Å²) in [6, 6.07) is 15.2. The minimum atomic E-state index is -1.50. The summed E-state index contributed by atoms with van der Waals surface area (Å²) in [7, 11) is 0. The van der Waals surface area contributed by atoms with E-state index in [0.717, 1.165) is 22.5 Å². The number of para-hydroxylation sites is 1. The van der Waals surface area contributed by atoms with Gasteiger partial charge in [-0.05, 0) is 36.4 Å². The van der Waals surface area contributed by atoms with Crippen molar-refractivity contribution in [3.05, 3.63) is 76.6 Å². The lowest BCUT2D eigenvalue weighted by Crippen LogP contribution is -2.20. The van der Waals surface area contributed by atoms with Crippen molar-refractivity contribution in [1.82, 2.24) is 4.57 Å². The van der Waals surface area contributed by atoms with Crippen molar-refractivity contribution in [2.24, 2.45) is 0 Å². The van der Waals surface area contributed by atoms with E-state index in [0.29, 0.717) is 29.7 Å². The maximum absolute atomic E-state index is 9.67. The smallest absolute Gasteiger partial charge is 0.167 e. The molecule has 0 saturated heterocycles. The number of halogens is 1. The van der Waals surface area contributed by atoms with Crippen LogP contribution in [0.3, 0.4) is 0 Å². The van der Waals surface area contributed by atoms with E-state index in [-0.39, 0.29) is 6.42 Å². The molecule has 0 radical (unpaired) electrons. The van der Waals surface area contributed by atoms with E-state index in [2.05, 4.69) is 0 Å². The lowest BCUT2D eigenvalue weighted by Gasteiger charge is -2.28. The Morgan fingerprint density at radius 2 is 1.90 bits per heavy atom. The first kappa shape index (κ1) is 18.5. The molecule has 2 aliphatic rings. The fourth-order valence-corrected chi connectivity index (χ4v) is 4.23. The Morgan fingerprint density at radius 1 is 1.03 bits per heavy atom. The van der Waals surface area contributed by atoms with E-state index >= 15 is 0 Å². The molecule has 0 saturated carbocycles. The van der Waals surface area contributed by atoms with E-state index in [9.17, 15) is 10.2 Å². The Hall–Kier alpha value is -2.51. The van der Waals surface area contributed by atoms with Crippen LogP contribution in [0.2, 0.25) is 5.02 Å². The number of aliphatic hydroxyl groups excluding tert-OH is 1. The van der Waals surface area contributed by atoms with Crippen molar-refractivity contribution < 1.29 is 24.4 Å². The van der Waals surface area contributed by atoms with Crippen LogP contribution < -0.4 is 9.47 Å². The van der Waals surface area contributed by atoms with Gasteiger partial charge in [0.15, 0.2) is 17.8 Å². The molecule has 5 rings (SSSR count). The van der Waals surface area contributed by atoms with Crippen molar-refractivity contribution in [2.75, 3.05) is 13.2 Å². The highest BCUT2D eigenvalue weighted by Gasteiger charge is 2.34. The van der Waals surface area contributed by atoms with Crippen molar-refractivity contribution in [3.8, 4) is 17.2 Å². The van der Waals surface area contributed by atoms with E-state index in [1.807, 2.05) is 59.3 Å². The summed E-state index contributed by atoms with van der Waals surface area (Å²) in [5, 5.41) is 19.9. The zero-order chi connectivity index (χ0) is 20.0.